The number of rotatable bonds is 3. The van der Waals surface area contributed by atoms with Crippen molar-refractivity contribution in [2.75, 3.05) is 6.54 Å². The molecule has 0 saturated carbocycles. The van der Waals surface area contributed by atoms with E-state index >= 15 is 0 Å². The van der Waals surface area contributed by atoms with Crippen LogP contribution in [0.15, 0.2) is 36.4 Å². The summed E-state index contributed by atoms with van der Waals surface area (Å²) < 4.78 is 5.01. The first-order valence-electron chi connectivity index (χ1n) is 5.38. The third kappa shape index (κ3) is 2.63. The molecule has 2 aromatic carbocycles. The highest BCUT2D eigenvalue weighted by atomic mass is 16.6. The van der Waals surface area contributed by atoms with Crippen LogP contribution in [0, 0.1) is 17.0 Å². The van der Waals surface area contributed by atoms with Crippen LogP contribution in [0.2, 0.25) is 0 Å². The van der Waals surface area contributed by atoms with Crippen LogP contribution in [-0.4, -0.2) is 17.4 Å². The molecule has 0 spiro atoms. The first-order valence-corrected chi connectivity index (χ1v) is 5.38. The Hall–Kier alpha value is -2.43. The molecule has 0 saturated heterocycles. The van der Waals surface area contributed by atoms with Crippen molar-refractivity contribution in [3.8, 4) is 5.75 Å². The Kier molecular flexibility index (Phi) is 3.23. The molecule has 5 heteroatoms. The van der Waals surface area contributed by atoms with Gasteiger partial charge in [0, 0.05) is 10.3 Å². The highest BCUT2D eigenvalue weighted by Gasteiger charge is 2.13. The standard InChI is InChI=1S/C13H11NO4/c1-9-5-6-10-3-2-4-12(11(10)7-9)18-13(15)8-14(16)17/h2-7H,8H2,1H3. The lowest BCUT2D eigenvalue weighted by Crippen LogP contribution is -2.19. The van der Waals surface area contributed by atoms with Gasteiger partial charge in [-0.05, 0) is 24.4 Å². The molecule has 0 atom stereocenters. The van der Waals surface area contributed by atoms with E-state index in [2.05, 4.69) is 0 Å². The molecule has 2 rings (SSSR count). The van der Waals surface area contributed by atoms with E-state index in [1.54, 1.807) is 12.1 Å². The molecule has 0 aliphatic heterocycles. The minimum atomic E-state index is -0.867. The summed E-state index contributed by atoms with van der Waals surface area (Å²) in [5.41, 5.74) is 1.03. The minimum Gasteiger partial charge on any atom is -0.421 e. The predicted octanol–water partition coefficient (Wildman–Crippen LogP) is 2.33. The van der Waals surface area contributed by atoms with Gasteiger partial charge in [0.15, 0.2) is 0 Å². The summed E-state index contributed by atoms with van der Waals surface area (Å²) in [6.07, 6.45) is 0. The van der Waals surface area contributed by atoms with Crippen molar-refractivity contribution in [1.82, 2.24) is 0 Å². The van der Waals surface area contributed by atoms with E-state index in [4.69, 9.17) is 4.74 Å². The zero-order chi connectivity index (χ0) is 13.1. The summed E-state index contributed by atoms with van der Waals surface area (Å²) in [4.78, 5) is 20.8. The van der Waals surface area contributed by atoms with Crippen LogP contribution in [0.25, 0.3) is 10.8 Å². The summed E-state index contributed by atoms with van der Waals surface area (Å²) in [5.74, 6) is -0.517. The lowest BCUT2D eigenvalue weighted by molar-refractivity contribution is -0.469. The summed E-state index contributed by atoms with van der Waals surface area (Å²) in [6.45, 7) is 1.09. The number of benzene rings is 2. The molecule has 0 bridgehead atoms. The quantitative estimate of drug-likeness (QED) is 0.360. The fraction of sp³-hybridized carbons (Fsp3) is 0.154. The molecular weight excluding hydrogens is 234 g/mol. The van der Waals surface area contributed by atoms with Crippen LogP contribution >= 0.6 is 0 Å². The molecule has 18 heavy (non-hydrogen) atoms. The van der Waals surface area contributed by atoms with Gasteiger partial charge in [-0.25, -0.2) is 4.79 Å². The maximum atomic E-state index is 11.3. The second kappa shape index (κ2) is 4.83. The van der Waals surface area contributed by atoms with Gasteiger partial charge in [0.1, 0.15) is 5.75 Å². The first kappa shape index (κ1) is 12.0. The van der Waals surface area contributed by atoms with Crippen LogP contribution in [0.5, 0.6) is 5.75 Å². The number of esters is 1. The molecule has 0 N–H and O–H groups in total. The lowest BCUT2D eigenvalue weighted by atomic mass is 10.1. The van der Waals surface area contributed by atoms with Gasteiger partial charge >= 0.3 is 5.97 Å². The number of ether oxygens (including phenoxy) is 1. The SMILES string of the molecule is Cc1ccc2cccc(OC(=O)C[N+](=O)[O-])c2c1. The van der Waals surface area contributed by atoms with E-state index in [1.807, 2.05) is 31.2 Å². The number of hydrogen-bond acceptors (Lipinski definition) is 4. The Labute approximate surface area is 103 Å². The molecule has 0 amide bonds. The van der Waals surface area contributed by atoms with Crippen molar-refractivity contribution < 1.29 is 14.5 Å². The Morgan fingerprint density at radius 2 is 2.11 bits per heavy atom. The second-order valence-corrected chi connectivity index (χ2v) is 3.95. The fourth-order valence-corrected chi connectivity index (χ4v) is 1.71. The average Bonchev–Trinajstić information content (AvgIpc) is 2.28. The molecule has 0 heterocycles. The van der Waals surface area contributed by atoms with Crippen molar-refractivity contribution in [3.63, 3.8) is 0 Å². The van der Waals surface area contributed by atoms with Gasteiger partial charge in [-0.15, -0.1) is 0 Å². The van der Waals surface area contributed by atoms with E-state index < -0.39 is 17.4 Å². The van der Waals surface area contributed by atoms with Gasteiger partial charge in [-0.3, -0.25) is 10.1 Å². The molecule has 0 aromatic heterocycles. The highest BCUT2D eigenvalue weighted by Crippen LogP contribution is 2.26. The average molecular weight is 245 g/mol. The smallest absolute Gasteiger partial charge is 0.383 e. The van der Waals surface area contributed by atoms with Gasteiger partial charge in [0.25, 0.3) is 6.54 Å². The topological polar surface area (TPSA) is 69.4 Å². The number of hydrogen-bond donors (Lipinski definition) is 0. The Morgan fingerprint density at radius 3 is 2.83 bits per heavy atom. The number of aryl methyl sites for hydroxylation is 1. The van der Waals surface area contributed by atoms with Gasteiger partial charge in [0.05, 0.1) is 0 Å². The lowest BCUT2D eigenvalue weighted by Gasteiger charge is -2.06. The number of carbonyl (C=O) groups excluding carboxylic acids is 1. The van der Waals surface area contributed by atoms with E-state index in [0.29, 0.717) is 5.75 Å². The first-order chi connectivity index (χ1) is 8.56. The maximum Gasteiger partial charge on any atom is 0.383 e. The maximum absolute atomic E-state index is 11.3. The van der Waals surface area contributed by atoms with Crippen LogP contribution in [0.3, 0.4) is 0 Å². The largest absolute Gasteiger partial charge is 0.421 e. The molecule has 0 aliphatic rings. The van der Waals surface area contributed by atoms with E-state index in [9.17, 15) is 14.9 Å². The van der Waals surface area contributed by atoms with Crippen molar-refractivity contribution in [2.45, 2.75) is 6.92 Å². The number of fused-ring (bicyclic) bond motifs is 1. The van der Waals surface area contributed by atoms with Crippen molar-refractivity contribution >= 4 is 16.7 Å². The monoisotopic (exact) mass is 245 g/mol. The van der Waals surface area contributed by atoms with E-state index in [-0.39, 0.29) is 0 Å². The van der Waals surface area contributed by atoms with Crippen LogP contribution in [0.4, 0.5) is 0 Å². The van der Waals surface area contributed by atoms with Gasteiger partial charge in [-0.2, -0.15) is 0 Å². The Balaban J connectivity index is 2.35. The predicted molar refractivity (Wildman–Crippen MR) is 66.2 cm³/mol. The molecule has 0 unspecified atom stereocenters. The molecule has 0 aliphatic carbocycles. The van der Waals surface area contributed by atoms with Gasteiger partial charge in [-0.1, -0.05) is 29.8 Å². The zero-order valence-electron chi connectivity index (χ0n) is 9.75. The summed E-state index contributed by atoms with van der Waals surface area (Å²) in [7, 11) is 0. The van der Waals surface area contributed by atoms with Gasteiger partial charge in [0.2, 0.25) is 0 Å². The molecule has 2 aromatic rings. The molecule has 0 fully saturated rings. The van der Waals surface area contributed by atoms with Crippen LogP contribution in [0.1, 0.15) is 5.56 Å². The summed E-state index contributed by atoms with van der Waals surface area (Å²) in [5, 5.41) is 11.9. The fourth-order valence-electron chi connectivity index (χ4n) is 1.71. The minimum absolute atomic E-state index is 0.350. The molecule has 92 valence electrons. The molecule has 5 nitrogen and oxygen atoms in total. The van der Waals surface area contributed by atoms with Crippen molar-refractivity contribution in [3.05, 3.63) is 52.1 Å². The number of nitrogens with zero attached hydrogens (tertiary/aromatic N) is 1. The van der Waals surface area contributed by atoms with Gasteiger partial charge < -0.3 is 4.74 Å². The summed E-state index contributed by atoms with van der Waals surface area (Å²) >= 11 is 0. The van der Waals surface area contributed by atoms with E-state index in [0.717, 1.165) is 16.3 Å². The van der Waals surface area contributed by atoms with Crippen molar-refractivity contribution in [1.29, 1.82) is 0 Å². The van der Waals surface area contributed by atoms with Crippen molar-refractivity contribution in [2.24, 2.45) is 0 Å². The summed E-state index contributed by atoms with van der Waals surface area (Å²) in [6, 6.07) is 11.0. The highest BCUT2D eigenvalue weighted by molar-refractivity contribution is 5.91. The second-order valence-electron chi connectivity index (χ2n) is 3.95. The van der Waals surface area contributed by atoms with E-state index in [1.165, 1.54) is 0 Å². The molecule has 0 radical (unpaired) electrons. The van der Waals surface area contributed by atoms with Crippen LogP contribution in [-0.2, 0) is 4.79 Å². The Bertz CT molecular complexity index is 621. The third-order valence-corrected chi connectivity index (χ3v) is 2.48. The van der Waals surface area contributed by atoms with Crippen LogP contribution < -0.4 is 4.74 Å². The zero-order valence-corrected chi connectivity index (χ0v) is 9.75. The third-order valence-electron chi connectivity index (χ3n) is 2.48. The normalized spacial score (nSPS) is 10.3. The number of nitro groups is 1. The number of carbonyl (C=O) groups is 1. The molecular formula is C13H11NO4. The Morgan fingerprint density at radius 1 is 1.33 bits per heavy atom.